The number of ether oxygens (including phenoxy) is 1. The molecule has 1 aliphatic heterocycles. The van der Waals surface area contributed by atoms with Crippen molar-refractivity contribution < 1.29 is 13.9 Å². The number of carbonyl (C=O) groups excluding carboxylic acids is 1. The zero-order valence-electron chi connectivity index (χ0n) is 12.5. The summed E-state index contributed by atoms with van der Waals surface area (Å²) >= 11 is 0. The van der Waals surface area contributed by atoms with Crippen LogP contribution in [0.4, 0.5) is 4.39 Å². The van der Waals surface area contributed by atoms with E-state index in [1.54, 1.807) is 30.3 Å². The molecule has 0 bridgehead atoms. The fourth-order valence-corrected chi connectivity index (χ4v) is 2.38. The number of halogens is 2. The monoisotopic (exact) mass is 336 g/mol. The van der Waals surface area contributed by atoms with E-state index in [-0.39, 0.29) is 30.7 Å². The molecule has 0 atom stereocenters. The summed E-state index contributed by atoms with van der Waals surface area (Å²) < 4.78 is 19.1. The Bertz CT molecular complexity index is 694. The number of carbonyl (C=O) groups is 1. The van der Waals surface area contributed by atoms with Gasteiger partial charge in [-0.2, -0.15) is 0 Å². The molecule has 0 aliphatic carbocycles. The summed E-state index contributed by atoms with van der Waals surface area (Å²) in [7, 11) is 0. The topological polar surface area (TPSA) is 50.4 Å². The van der Waals surface area contributed by atoms with Crippen LogP contribution in [0.15, 0.2) is 42.5 Å². The Kier molecular flexibility index (Phi) is 5.96. The SMILES string of the molecule is Cl.O=C(NCc1ccccc1F)c1ccc2c(c1)CNCCO2. The van der Waals surface area contributed by atoms with Crippen molar-refractivity contribution in [2.75, 3.05) is 13.2 Å². The smallest absolute Gasteiger partial charge is 0.251 e. The number of benzene rings is 2. The van der Waals surface area contributed by atoms with Gasteiger partial charge in [-0.05, 0) is 24.3 Å². The van der Waals surface area contributed by atoms with Crippen LogP contribution in [0.2, 0.25) is 0 Å². The molecule has 23 heavy (non-hydrogen) atoms. The first-order chi connectivity index (χ1) is 10.7. The predicted octanol–water partition coefficient (Wildman–Crippen LogP) is 2.66. The summed E-state index contributed by atoms with van der Waals surface area (Å²) in [5.41, 5.74) is 1.97. The number of amides is 1. The Hall–Kier alpha value is -2.11. The maximum Gasteiger partial charge on any atom is 0.251 e. The first-order valence-corrected chi connectivity index (χ1v) is 7.22. The normalized spacial score (nSPS) is 13.1. The van der Waals surface area contributed by atoms with Crippen molar-refractivity contribution in [3.05, 3.63) is 65.0 Å². The average molecular weight is 337 g/mol. The maximum absolute atomic E-state index is 13.5. The van der Waals surface area contributed by atoms with Gasteiger partial charge in [0.25, 0.3) is 5.91 Å². The van der Waals surface area contributed by atoms with Crippen molar-refractivity contribution in [1.29, 1.82) is 0 Å². The number of fused-ring (bicyclic) bond motifs is 1. The quantitative estimate of drug-likeness (QED) is 0.906. The summed E-state index contributed by atoms with van der Waals surface area (Å²) in [6.07, 6.45) is 0. The van der Waals surface area contributed by atoms with E-state index in [4.69, 9.17) is 4.74 Å². The van der Waals surface area contributed by atoms with Crippen molar-refractivity contribution in [1.82, 2.24) is 10.6 Å². The van der Waals surface area contributed by atoms with Crippen molar-refractivity contribution in [2.45, 2.75) is 13.1 Å². The summed E-state index contributed by atoms with van der Waals surface area (Å²) in [5, 5.41) is 5.97. The molecule has 1 heterocycles. The molecule has 1 aliphatic rings. The largest absolute Gasteiger partial charge is 0.492 e. The first kappa shape index (κ1) is 17.2. The summed E-state index contributed by atoms with van der Waals surface area (Å²) in [5.74, 6) is 0.258. The molecule has 6 heteroatoms. The molecule has 2 N–H and O–H groups in total. The fourth-order valence-electron chi connectivity index (χ4n) is 2.38. The highest BCUT2D eigenvalue weighted by atomic mass is 35.5. The van der Waals surface area contributed by atoms with Gasteiger partial charge in [0.1, 0.15) is 18.2 Å². The molecule has 0 saturated heterocycles. The van der Waals surface area contributed by atoms with E-state index in [0.717, 1.165) is 17.9 Å². The van der Waals surface area contributed by atoms with Crippen LogP contribution in [0.1, 0.15) is 21.5 Å². The minimum absolute atomic E-state index is 0. The van der Waals surface area contributed by atoms with Crippen molar-refractivity contribution in [2.24, 2.45) is 0 Å². The highest BCUT2D eigenvalue weighted by molar-refractivity contribution is 5.94. The molecule has 0 radical (unpaired) electrons. The summed E-state index contributed by atoms with van der Waals surface area (Å²) in [4.78, 5) is 12.2. The third-order valence-corrected chi connectivity index (χ3v) is 3.57. The molecule has 3 rings (SSSR count). The number of hydrogen-bond acceptors (Lipinski definition) is 3. The second kappa shape index (κ2) is 7.94. The molecular formula is C17H18ClFN2O2. The second-order valence-electron chi connectivity index (χ2n) is 5.12. The van der Waals surface area contributed by atoms with Gasteiger partial charge in [-0.1, -0.05) is 18.2 Å². The molecule has 1 amide bonds. The molecule has 0 aromatic heterocycles. The Balaban J connectivity index is 0.00000192. The van der Waals surface area contributed by atoms with E-state index in [0.29, 0.717) is 24.3 Å². The van der Waals surface area contributed by atoms with Crippen molar-refractivity contribution in [3.8, 4) is 5.75 Å². The van der Waals surface area contributed by atoms with Crippen LogP contribution < -0.4 is 15.4 Å². The minimum Gasteiger partial charge on any atom is -0.492 e. The Labute approximate surface area is 140 Å². The third kappa shape index (κ3) is 4.21. The number of hydrogen-bond donors (Lipinski definition) is 2. The van der Waals surface area contributed by atoms with Crippen LogP contribution >= 0.6 is 12.4 Å². The van der Waals surface area contributed by atoms with Gasteiger partial charge in [0, 0.05) is 36.3 Å². The molecular weight excluding hydrogens is 319 g/mol. The van der Waals surface area contributed by atoms with Crippen LogP contribution in [-0.2, 0) is 13.1 Å². The summed E-state index contributed by atoms with van der Waals surface area (Å²) in [6.45, 7) is 2.23. The minimum atomic E-state index is -0.317. The molecule has 0 fully saturated rings. The van der Waals surface area contributed by atoms with E-state index in [9.17, 15) is 9.18 Å². The molecule has 2 aromatic carbocycles. The highest BCUT2D eigenvalue weighted by Crippen LogP contribution is 2.21. The van der Waals surface area contributed by atoms with Gasteiger partial charge in [-0.25, -0.2) is 4.39 Å². The number of nitrogens with one attached hydrogen (secondary N) is 2. The maximum atomic E-state index is 13.5. The van der Waals surface area contributed by atoms with Crippen LogP contribution in [0.25, 0.3) is 0 Å². The van der Waals surface area contributed by atoms with Crippen LogP contribution in [0, 0.1) is 5.82 Å². The lowest BCUT2D eigenvalue weighted by Gasteiger charge is -2.10. The molecule has 0 saturated carbocycles. The molecule has 2 aromatic rings. The van der Waals surface area contributed by atoms with E-state index in [1.807, 2.05) is 6.07 Å². The van der Waals surface area contributed by atoms with E-state index < -0.39 is 0 Å². The Morgan fingerprint density at radius 2 is 2.09 bits per heavy atom. The lowest BCUT2D eigenvalue weighted by Crippen LogP contribution is -2.23. The van der Waals surface area contributed by atoms with Crippen molar-refractivity contribution in [3.63, 3.8) is 0 Å². The van der Waals surface area contributed by atoms with Crippen LogP contribution in [0.3, 0.4) is 0 Å². The lowest BCUT2D eigenvalue weighted by molar-refractivity contribution is 0.0950. The third-order valence-electron chi connectivity index (χ3n) is 3.57. The van der Waals surface area contributed by atoms with E-state index in [2.05, 4.69) is 10.6 Å². The average Bonchev–Trinajstić information content (AvgIpc) is 2.78. The van der Waals surface area contributed by atoms with Crippen molar-refractivity contribution >= 4 is 18.3 Å². The van der Waals surface area contributed by atoms with Gasteiger partial charge in [0.15, 0.2) is 0 Å². The van der Waals surface area contributed by atoms with Gasteiger partial charge >= 0.3 is 0 Å². The fraction of sp³-hybridized carbons (Fsp3) is 0.235. The van der Waals surface area contributed by atoms with Crippen LogP contribution in [0.5, 0.6) is 5.75 Å². The van der Waals surface area contributed by atoms with E-state index in [1.165, 1.54) is 6.07 Å². The molecule has 122 valence electrons. The Morgan fingerprint density at radius 3 is 2.91 bits per heavy atom. The zero-order chi connectivity index (χ0) is 15.4. The Morgan fingerprint density at radius 1 is 1.26 bits per heavy atom. The second-order valence-corrected chi connectivity index (χ2v) is 5.12. The molecule has 0 unspecified atom stereocenters. The van der Waals surface area contributed by atoms with Crippen LogP contribution in [-0.4, -0.2) is 19.1 Å². The zero-order valence-corrected chi connectivity index (χ0v) is 13.3. The van der Waals surface area contributed by atoms with Gasteiger partial charge in [0.2, 0.25) is 0 Å². The summed E-state index contributed by atoms with van der Waals surface area (Å²) in [6, 6.07) is 11.7. The van der Waals surface area contributed by atoms with E-state index >= 15 is 0 Å². The van der Waals surface area contributed by atoms with Gasteiger partial charge in [-0.3, -0.25) is 4.79 Å². The van der Waals surface area contributed by atoms with Gasteiger partial charge in [-0.15, -0.1) is 12.4 Å². The first-order valence-electron chi connectivity index (χ1n) is 7.22. The predicted molar refractivity (Wildman–Crippen MR) is 88.5 cm³/mol. The lowest BCUT2D eigenvalue weighted by atomic mass is 10.1. The molecule has 0 spiro atoms. The number of rotatable bonds is 3. The standard InChI is InChI=1S/C17H17FN2O2.ClH/c18-15-4-2-1-3-13(15)11-20-17(21)12-5-6-16-14(9-12)10-19-7-8-22-16;/h1-6,9,19H,7-8,10-11H2,(H,20,21);1H. The molecule has 4 nitrogen and oxygen atoms in total. The van der Waals surface area contributed by atoms with Gasteiger partial charge in [0.05, 0.1) is 0 Å². The highest BCUT2D eigenvalue weighted by Gasteiger charge is 2.13. The van der Waals surface area contributed by atoms with Gasteiger partial charge < -0.3 is 15.4 Å².